The second-order valence-electron chi connectivity index (χ2n) is 4.36. The summed E-state index contributed by atoms with van der Waals surface area (Å²) in [4.78, 5) is 36.7. The van der Waals surface area contributed by atoms with Crippen molar-refractivity contribution in [1.29, 1.82) is 0 Å². The smallest absolute Gasteiger partial charge is 0.326 e. The zero-order chi connectivity index (χ0) is 13.9. The second-order valence-corrected chi connectivity index (χ2v) is 4.36. The number of likely N-dealkylation sites (tertiary alicyclic amines) is 1. The van der Waals surface area contributed by atoms with Crippen LogP contribution in [-0.4, -0.2) is 66.2 Å². The lowest BCUT2D eigenvalue weighted by Crippen LogP contribution is -2.47. The monoisotopic (exact) mass is 258 g/mol. The van der Waals surface area contributed by atoms with Gasteiger partial charge in [-0.05, 0) is 13.3 Å². The third-order valence-corrected chi connectivity index (χ3v) is 3.23. The Bertz CT molecular complexity index is 357. The Morgan fingerprint density at radius 3 is 2.56 bits per heavy atom. The van der Waals surface area contributed by atoms with Gasteiger partial charge >= 0.3 is 18.0 Å². The van der Waals surface area contributed by atoms with E-state index in [1.165, 1.54) is 26.0 Å². The Kier molecular flexibility index (Phi) is 4.52. The van der Waals surface area contributed by atoms with Crippen LogP contribution in [0.2, 0.25) is 0 Å². The number of methoxy groups -OCH3 is 1. The molecule has 0 aromatic carbocycles. The van der Waals surface area contributed by atoms with E-state index in [9.17, 15) is 14.4 Å². The average molecular weight is 258 g/mol. The van der Waals surface area contributed by atoms with Gasteiger partial charge in [-0.25, -0.2) is 9.59 Å². The van der Waals surface area contributed by atoms with Gasteiger partial charge in [-0.15, -0.1) is 0 Å². The number of urea groups is 1. The standard InChI is InChI=1S/C11H18N2O5/c1-7(9(14)15)12(2)11(17)13-5-4-8(6-13)10(16)18-3/h7-8H,4-6H2,1-3H3,(H,14,15). The molecule has 2 amide bonds. The summed E-state index contributed by atoms with van der Waals surface area (Å²) in [6, 6.07) is -1.27. The van der Waals surface area contributed by atoms with Crippen molar-refractivity contribution in [3.05, 3.63) is 0 Å². The molecule has 1 aliphatic heterocycles. The zero-order valence-corrected chi connectivity index (χ0v) is 10.8. The van der Waals surface area contributed by atoms with Gasteiger partial charge < -0.3 is 19.6 Å². The van der Waals surface area contributed by atoms with Gasteiger partial charge in [0.25, 0.3) is 0 Å². The Labute approximate surface area is 105 Å². The van der Waals surface area contributed by atoms with Crippen molar-refractivity contribution < 1.29 is 24.2 Å². The normalized spacial score (nSPS) is 20.4. The Hall–Kier alpha value is -1.79. The average Bonchev–Trinajstić information content (AvgIpc) is 2.84. The number of carboxylic acid groups (broad SMARTS) is 1. The van der Waals surface area contributed by atoms with Crippen LogP contribution in [0.4, 0.5) is 4.79 Å². The van der Waals surface area contributed by atoms with Gasteiger partial charge in [0.15, 0.2) is 0 Å². The fraction of sp³-hybridized carbons (Fsp3) is 0.727. The summed E-state index contributed by atoms with van der Waals surface area (Å²) in [5, 5.41) is 8.84. The van der Waals surface area contributed by atoms with Crippen LogP contribution >= 0.6 is 0 Å². The molecule has 1 aliphatic rings. The van der Waals surface area contributed by atoms with Gasteiger partial charge in [-0.3, -0.25) is 4.79 Å². The van der Waals surface area contributed by atoms with Gasteiger partial charge in [0, 0.05) is 20.1 Å². The molecule has 2 unspecified atom stereocenters. The van der Waals surface area contributed by atoms with Crippen LogP contribution in [0.25, 0.3) is 0 Å². The molecule has 1 rings (SSSR count). The third-order valence-electron chi connectivity index (χ3n) is 3.23. The lowest BCUT2D eigenvalue weighted by Gasteiger charge is -2.27. The van der Waals surface area contributed by atoms with Crippen LogP contribution in [0.1, 0.15) is 13.3 Å². The maximum absolute atomic E-state index is 12.0. The van der Waals surface area contributed by atoms with Crippen molar-refractivity contribution >= 4 is 18.0 Å². The first-order chi connectivity index (χ1) is 8.38. The molecule has 1 saturated heterocycles. The SMILES string of the molecule is COC(=O)C1CCN(C(=O)N(C)C(C)C(=O)O)C1. The fourth-order valence-corrected chi connectivity index (χ4v) is 1.85. The molecule has 0 bridgehead atoms. The van der Waals surface area contributed by atoms with Crippen molar-refractivity contribution in [3.63, 3.8) is 0 Å². The van der Waals surface area contributed by atoms with E-state index in [0.29, 0.717) is 13.0 Å². The molecule has 7 nitrogen and oxygen atoms in total. The molecular formula is C11H18N2O5. The number of aliphatic carboxylic acids is 1. The summed E-state index contributed by atoms with van der Waals surface area (Å²) >= 11 is 0. The number of amides is 2. The number of carbonyl (C=O) groups excluding carboxylic acids is 2. The molecule has 2 atom stereocenters. The maximum atomic E-state index is 12.0. The number of carboxylic acids is 1. The van der Waals surface area contributed by atoms with Gasteiger partial charge in [0.05, 0.1) is 13.0 Å². The van der Waals surface area contributed by atoms with Crippen molar-refractivity contribution in [3.8, 4) is 0 Å². The van der Waals surface area contributed by atoms with Crippen LogP contribution in [0.15, 0.2) is 0 Å². The van der Waals surface area contributed by atoms with Gasteiger partial charge in [-0.2, -0.15) is 0 Å². The number of hydrogen-bond donors (Lipinski definition) is 1. The topological polar surface area (TPSA) is 87.2 Å². The molecule has 18 heavy (non-hydrogen) atoms. The van der Waals surface area contributed by atoms with Crippen LogP contribution in [0, 0.1) is 5.92 Å². The largest absolute Gasteiger partial charge is 0.480 e. The lowest BCUT2D eigenvalue weighted by atomic mass is 10.1. The number of nitrogens with zero attached hydrogens (tertiary/aromatic N) is 2. The lowest BCUT2D eigenvalue weighted by molar-refractivity contribution is -0.145. The predicted molar refractivity (Wildman–Crippen MR) is 62.0 cm³/mol. The van der Waals surface area contributed by atoms with Crippen LogP contribution in [0.3, 0.4) is 0 Å². The molecule has 1 heterocycles. The molecular weight excluding hydrogens is 240 g/mol. The number of rotatable bonds is 3. The zero-order valence-electron chi connectivity index (χ0n) is 10.8. The van der Waals surface area contributed by atoms with E-state index in [2.05, 4.69) is 4.74 Å². The summed E-state index contributed by atoms with van der Waals surface area (Å²) in [7, 11) is 2.75. The van der Waals surface area contributed by atoms with Gasteiger partial charge in [-0.1, -0.05) is 0 Å². The number of hydrogen-bond acceptors (Lipinski definition) is 4. The first-order valence-corrected chi connectivity index (χ1v) is 5.70. The molecule has 7 heteroatoms. The number of esters is 1. The summed E-state index contributed by atoms with van der Waals surface area (Å²) in [5.41, 5.74) is 0. The minimum absolute atomic E-state index is 0.280. The van der Waals surface area contributed by atoms with Crippen LogP contribution < -0.4 is 0 Å². The minimum Gasteiger partial charge on any atom is -0.480 e. The molecule has 102 valence electrons. The highest BCUT2D eigenvalue weighted by Crippen LogP contribution is 2.19. The van der Waals surface area contributed by atoms with E-state index in [1.807, 2.05) is 0 Å². The molecule has 0 spiro atoms. The molecule has 0 aromatic rings. The van der Waals surface area contributed by atoms with Gasteiger partial charge in [0.1, 0.15) is 6.04 Å². The highest BCUT2D eigenvalue weighted by atomic mass is 16.5. The maximum Gasteiger partial charge on any atom is 0.326 e. The van der Waals surface area contributed by atoms with E-state index in [4.69, 9.17) is 5.11 Å². The molecule has 1 N–H and O–H groups in total. The summed E-state index contributed by atoms with van der Waals surface area (Å²) in [5.74, 6) is -1.71. The Morgan fingerprint density at radius 1 is 1.44 bits per heavy atom. The summed E-state index contributed by atoms with van der Waals surface area (Å²) in [6.45, 7) is 2.16. The Morgan fingerprint density at radius 2 is 2.06 bits per heavy atom. The number of likely N-dealkylation sites (N-methyl/N-ethyl adjacent to an activating group) is 1. The molecule has 0 aliphatic carbocycles. The molecule has 1 fully saturated rings. The van der Waals surface area contributed by atoms with E-state index in [1.54, 1.807) is 0 Å². The summed E-state index contributed by atoms with van der Waals surface area (Å²) < 4.78 is 4.62. The van der Waals surface area contributed by atoms with Gasteiger partial charge in [0.2, 0.25) is 0 Å². The van der Waals surface area contributed by atoms with E-state index >= 15 is 0 Å². The molecule has 0 aromatic heterocycles. The van der Waals surface area contributed by atoms with Crippen LogP contribution in [0.5, 0.6) is 0 Å². The first kappa shape index (κ1) is 14.3. The fourth-order valence-electron chi connectivity index (χ4n) is 1.85. The highest BCUT2D eigenvalue weighted by Gasteiger charge is 2.34. The molecule has 0 saturated carbocycles. The quantitative estimate of drug-likeness (QED) is 0.720. The van der Waals surface area contributed by atoms with Crippen molar-refractivity contribution in [2.45, 2.75) is 19.4 Å². The van der Waals surface area contributed by atoms with E-state index < -0.39 is 12.0 Å². The number of carbonyl (C=O) groups is 3. The highest BCUT2D eigenvalue weighted by molar-refractivity contribution is 5.83. The Balaban J connectivity index is 2.59. The van der Waals surface area contributed by atoms with E-state index in [-0.39, 0.29) is 24.5 Å². The van der Waals surface area contributed by atoms with Crippen molar-refractivity contribution in [1.82, 2.24) is 9.80 Å². The second kappa shape index (κ2) is 5.70. The van der Waals surface area contributed by atoms with E-state index in [0.717, 1.165) is 4.90 Å². The predicted octanol–water partition coefficient (Wildman–Crippen LogP) is 0.00620. The molecule has 0 radical (unpaired) electrons. The van der Waals surface area contributed by atoms with Crippen molar-refractivity contribution in [2.24, 2.45) is 5.92 Å². The van der Waals surface area contributed by atoms with Crippen LogP contribution in [-0.2, 0) is 14.3 Å². The minimum atomic E-state index is -1.06. The van der Waals surface area contributed by atoms with Crippen molar-refractivity contribution in [2.75, 3.05) is 27.2 Å². The first-order valence-electron chi connectivity index (χ1n) is 5.70. The summed E-state index contributed by atoms with van der Waals surface area (Å²) in [6.07, 6.45) is 0.549. The third kappa shape index (κ3) is 2.91. The number of ether oxygens (including phenoxy) is 1.